The van der Waals surface area contributed by atoms with Crippen LogP contribution in [0, 0.1) is 6.92 Å². The van der Waals surface area contributed by atoms with E-state index in [-0.39, 0.29) is 10.7 Å². The van der Waals surface area contributed by atoms with E-state index in [9.17, 15) is 8.42 Å². The minimum Gasteiger partial charge on any atom is -0.384 e. The van der Waals surface area contributed by atoms with Crippen molar-refractivity contribution in [3.63, 3.8) is 0 Å². The van der Waals surface area contributed by atoms with Crippen LogP contribution in [0.2, 0.25) is 0 Å². The number of sulfonamides is 1. The lowest BCUT2D eigenvalue weighted by atomic mass is 10.2. The quantitative estimate of drug-likeness (QED) is 0.883. The molecule has 1 heterocycles. The Morgan fingerprint density at radius 2 is 1.89 bits per heavy atom. The minimum absolute atomic E-state index is 0.0833. The van der Waals surface area contributed by atoms with Crippen LogP contribution in [0.5, 0.6) is 0 Å². The Morgan fingerprint density at radius 3 is 2.50 bits per heavy atom. The number of hydrogen-bond donors (Lipinski definition) is 2. The molecule has 1 aromatic carbocycles. The maximum atomic E-state index is 12.1. The van der Waals surface area contributed by atoms with Gasteiger partial charge in [-0.05, 0) is 30.7 Å². The lowest BCUT2D eigenvalue weighted by molar-refractivity contribution is 0.601. The van der Waals surface area contributed by atoms with Crippen LogP contribution in [0.3, 0.4) is 0 Å². The molecule has 2 aromatic rings. The van der Waals surface area contributed by atoms with Crippen LogP contribution >= 0.6 is 0 Å². The Labute approximate surface area is 106 Å². The molecule has 0 unspecified atom stereocenters. The van der Waals surface area contributed by atoms with Crippen LogP contribution in [0.15, 0.2) is 47.5 Å². The van der Waals surface area contributed by atoms with Crippen molar-refractivity contribution in [3.05, 3.63) is 48.2 Å². The first-order valence-corrected chi connectivity index (χ1v) is 6.77. The van der Waals surface area contributed by atoms with E-state index in [2.05, 4.69) is 9.71 Å². The number of nitrogens with two attached hydrogens (primary N) is 1. The third-order valence-corrected chi connectivity index (χ3v) is 3.81. The molecule has 0 atom stereocenters. The van der Waals surface area contributed by atoms with Crippen molar-refractivity contribution in [3.8, 4) is 0 Å². The van der Waals surface area contributed by atoms with E-state index in [1.54, 1.807) is 12.1 Å². The van der Waals surface area contributed by atoms with Crippen molar-refractivity contribution in [2.75, 3.05) is 10.5 Å². The van der Waals surface area contributed by atoms with Crippen LogP contribution in [-0.2, 0) is 10.0 Å². The summed E-state index contributed by atoms with van der Waals surface area (Å²) in [6.45, 7) is 1.83. The Hall–Kier alpha value is -2.08. The summed E-state index contributed by atoms with van der Waals surface area (Å²) in [5.74, 6) is 0.282. The topological polar surface area (TPSA) is 85.1 Å². The molecule has 0 fully saturated rings. The molecule has 0 aliphatic carbocycles. The average Bonchev–Trinajstić information content (AvgIpc) is 2.32. The summed E-state index contributed by atoms with van der Waals surface area (Å²) in [5.41, 5.74) is 6.82. The highest BCUT2D eigenvalue weighted by atomic mass is 32.2. The van der Waals surface area contributed by atoms with Gasteiger partial charge in [0.1, 0.15) is 10.7 Å². The summed E-state index contributed by atoms with van der Waals surface area (Å²) < 4.78 is 26.7. The molecule has 0 saturated heterocycles. The highest BCUT2D eigenvalue weighted by Gasteiger charge is 2.15. The average molecular weight is 263 g/mol. The number of benzene rings is 1. The zero-order chi connectivity index (χ0) is 13.2. The van der Waals surface area contributed by atoms with Gasteiger partial charge in [0.25, 0.3) is 10.0 Å². The Bertz CT molecular complexity index is 651. The number of pyridine rings is 1. The number of nitrogens with zero attached hydrogens (tertiary/aromatic N) is 1. The van der Waals surface area contributed by atoms with Crippen LogP contribution in [0.1, 0.15) is 5.56 Å². The number of nitrogen functional groups attached to an aromatic ring is 1. The molecule has 0 aliphatic heterocycles. The lowest BCUT2D eigenvalue weighted by Crippen LogP contribution is -2.14. The predicted molar refractivity (Wildman–Crippen MR) is 70.6 cm³/mol. The fraction of sp³-hybridized carbons (Fsp3) is 0.0833. The van der Waals surface area contributed by atoms with Crippen molar-refractivity contribution < 1.29 is 8.42 Å². The fourth-order valence-corrected chi connectivity index (χ4v) is 2.52. The van der Waals surface area contributed by atoms with Crippen LogP contribution in [0.4, 0.5) is 11.5 Å². The van der Waals surface area contributed by atoms with Gasteiger partial charge >= 0.3 is 0 Å². The van der Waals surface area contributed by atoms with Gasteiger partial charge in [0.2, 0.25) is 0 Å². The normalized spacial score (nSPS) is 11.2. The van der Waals surface area contributed by atoms with E-state index in [1.807, 2.05) is 19.1 Å². The summed E-state index contributed by atoms with van der Waals surface area (Å²) in [4.78, 5) is 3.85. The van der Waals surface area contributed by atoms with E-state index >= 15 is 0 Å². The van der Waals surface area contributed by atoms with Gasteiger partial charge in [-0.15, -0.1) is 0 Å². The summed E-state index contributed by atoms with van der Waals surface area (Å²) in [6, 6.07) is 10.0. The standard InChI is InChI=1S/C12H13N3O2S/c1-9-4-2-3-5-11(9)15-18(16,17)10-6-7-12(13)14-8-10/h2-8,15H,1H3,(H2,13,14). The molecule has 2 rings (SSSR count). The summed E-state index contributed by atoms with van der Waals surface area (Å²) in [5, 5.41) is 0. The molecule has 0 saturated carbocycles. The Kier molecular flexibility index (Phi) is 3.20. The van der Waals surface area contributed by atoms with Crippen molar-refractivity contribution >= 4 is 21.5 Å². The third kappa shape index (κ3) is 2.60. The lowest BCUT2D eigenvalue weighted by Gasteiger charge is -2.10. The number of nitrogens with one attached hydrogen (secondary N) is 1. The number of aromatic nitrogens is 1. The number of para-hydroxylation sites is 1. The number of hydrogen-bond acceptors (Lipinski definition) is 4. The van der Waals surface area contributed by atoms with E-state index in [0.717, 1.165) is 5.56 Å². The molecule has 94 valence electrons. The first-order valence-electron chi connectivity index (χ1n) is 5.29. The van der Waals surface area contributed by atoms with Gasteiger partial charge in [0.05, 0.1) is 5.69 Å². The van der Waals surface area contributed by atoms with Crippen molar-refractivity contribution in [1.29, 1.82) is 0 Å². The third-order valence-electron chi connectivity index (χ3n) is 2.46. The first-order chi connectivity index (χ1) is 8.49. The Balaban J connectivity index is 2.33. The molecule has 5 nitrogen and oxygen atoms in total. The first kappa shape index (κ1) is 12.4. The number of aryl methyl sites for hydroxylation is 1. The molecule has 18 heavy (non-hydrogen) atoms. The maximum absolute atomic E-state index is 12.1. The van der Waals surface area contributed by atoms with E-state index in [4.69, 9.17) is 5.73 Å². The molecular weight excluding hydrogens is 250 g/mol. The highest BCUT2D eigenvalue weighted by molar-refractivity contribution is 7.92. The van der Waals surface area contributed by atoms with Gasteiger partial charge in [-0.1, -0.05) is 18.2 Å². The number of rotatable bonds is 3. The van der Waals surface area contributed by atoms with Crippen molar-refractivity contribution in [2.45, 2.75) is 11.8 Å². The molecule has 1 aromatic heterocycles. The molecule has 0 amide bonds. The minimum atomic E-state index is -3.62. The second-order valence-corrected chi connectivity index (χ2v) is 5.52. The molecule has 0 spiro atoms. The molecule has 0 bridgehead atoms. The molecular formula is C12H13N3O2S. The second kappa shape index (κ2) is 4.66. The summed E-state index contributed by atoms with van der Waals surface area (Å²) in [7, 11) is -3.62. The highest BCUT2D eigenvalue weighted by Crippen LogP contribution is 2.18. The van der Waals surface area contributed by atoms with Gasteiger partial charge in [0, 0.05) is 6.20 Å². The second-order valence-electron chi connectivity index (χ2n) is 3.84. The van der Waals surface area contributed by atoms with E-state index < -0.39 is 10.0 Å². The molecule has 0 radical (unpaired) electrons. The Morgan fingerprint density at radius 1 is 1.17 bits per heavy atom. The molecule has 6 heteroatoms. The van der Waals surface area contributed by atoms with Crippen LogP contribution in [0.25, 0.3) is 0 Å². The monoisotopic (exact) mass is 263 g/mol. The SMILES string of the molecule is Cc1ccccc1NS(=O)(=O)c1ccc(N)nc1. The van der Waals surface area contributed by atoms with E-state index in [0.29, 0.717) is 5.69 Å². The van der Waals surface area contributed by atoms with Gasteiger partial charge in [-0.3, -0.25) is 4.72 Å². The van der Waals surface area contributed by atoms with Gasteiger partial charge in [-0.2, -0.15) is 0 Å². The van der Waals surface area contributed by atoms with Crippen LogP contribution < -0.4 is 10.5 Å². The van der Waals surface area contributed by atoms with Crippen LogP contribution in [-0.4, -0.2) is 13.4 Å². The zero-order valence-corrected chi connectivity index (χ0v) is 10.6. The van der Waals surface area contributed by atoms with Gasteiger partial charge < -0.3 is 5.73 Å². The smallest absolute Gasteiger partial charge is 0.263 e. The number of anilines is 2. The van der Waals surface area contributed by atoms with Gasteiger partial charge in [0.15, 0.2) is 0 Å². The van der Waals surface area contributed by atoms with Crippen molar-refractivity contribution in [2.24, 2.45) is 0 Å². The largest absolute Gasteiger partial charge is 0.384 e. The zero-order valence-electron chi connectivity index (χ0n) is 9.79. The molecule has 0 aliphatic rings. The predicted octanol–water partition coefficient (Wildman–Crippen LogP) is 1.77. The van der Waals surface area contributed by atoms with Gasteiger partial charge in [-0.25, -0.2) is 13.4 Å². The maximum Gasteiger partial charge on any atom is 0.263 e. The summed E-state index contributed by atoms with van der Waals surface area (Å²) in [6.07, 6.45) is 1.23. The van der Waals surface area contributed by atoms with Crippen molar-refractivity contribution in [1.82, 2.24) is 4.98 Å². The fourth-order valence-electron chi connectivity index (χ4n) is 1.44. The summed E-state index contributed by atoms with van der Waals surface area (Å²) >= 11 is 0. The molecule has 3 N–H and O–H groups in total. The van der Waals surface area contributed by atoms with E-state index in [1.165, 1.54) is 18.3 Å².